The van der Waals surface area contributed by atoms with Gasteiger partial charge in [0.1, 0.15) is 24.4 Å². The molecule has 1 amide bonds. The number of ether oxygens (including phenoxy) is 1. The van der Waals surface area contributed by atoms with Gasteiger partial charge in [0.05, 0.1) is 6.61 Å². The summed E-state index contributed by atoms with van der Waals surface area (Å²) in [5.74, 6) is -0.462. The van der Waals surface area contributed by atoms with Gasteiger partial charge in [-0.05, 0) is 0 Å². The van der Waals surface area contributed by atoms with E-state index in [1.54, 1.807) is 0 Å². The van der Waals surface area contributed by atoms with E-state index in [2.05, 4.69) is 5.32 Å². The van der Waals surface area contributed by atoms with Crippen molar-refractivity contribution in [3.63, 3.8) is 0 Å². The molecule has 0 bridgehead atoms. The summed E-state index contributed by atoms with van der Waals surface area (Å²) >= 11 is 0. The second kappa shape index (κ2) is 7.98. The molecule has 1 aliphatic heterocycles. The molecule has 0 radical (unpaired) electrons. The number of hydrogen-bond donors (Lipinski definition) is 8. The van der Waals surface area contributed by atoms with Crippen LogP contribution >= 0.6 is 7.82 Å². The van der Waals surface area contributed by atoms with Crippen LogP contribution in [0.3, 0.4) is 0 Å². The molecule has 0 spiro atoms. The number of amides is 1. The molecule has 1 saturated heterocycles. The maximum Gasteiger partial charge on any atom is 0.466 e. The number of phosphoric acid groups is 1. The average molecular weight is 319 g/mol. The number of rotatable bonds is 2. The van der Waals surface area contributed by atoms with Crippen LogP contribution in [0, 0.1) is 0 Å². The number of aliphatic hydroxyl groups is 4. The Labute approximate surface area is 113 Å². The predicted molar refractivity (Wildman–Crippen MR) is 61.8 cm³/mol. The molecule has 0 aliphatic carbocycles. The zero-order valence-electron chi connectivity index (χ0n) is 10.4. The Balaban J connectivity index is 0.000000621. The van der Waals surface area contributed by atoms with E-state index in [0.29, 0.717) is 0 Å². The Bertz CT molecular complexity index is 351. The molecule has 0 aromatic carbocycles. The monoisotopic (exact) mass is 319 g/mol. The van der Waals surface area contributed by atoms with Gasteiger partial charge in [-0.3, -0.25) is 4.79 Å². The van der Waals surface area contributed by atoms with Crippen molar-refractivity contribution in [1.82, 2.24) is 5.32 Å². The fourth-order valence-electron chi connectivity index (χ4n) is 1.49. The van der Waals surface area contributed by atoms with Gasteiger partial charge in [0.2, 0.25) is 5.91 Å². The molecule has 0 unspecified atom stereocenters. The van der Waals surface area contributed by atoms with E-state index in [4.69, 9.17) is 29.1 Å². The SMILES string of the molecule is CC(=O)N[C@@H]1[C@@H](O)[C@H](O)[C@@H](CO)O[C@@H]1O.O=P(O)(O)O. The second-order valence-electron chi connectivity index (χ2n) is 3.97. The van der Waals surface area contributed by atoms with Crippen LogP contribution in [0.4, 0.5) is 0 Å². The molecule has 20 heavy (non-hydrogen) atoms. The lowest BCUT2D eigenvalue weighted by Crippen LogP contribution is -2.63. The molecule has 1 rings (SSSR count). The zero-order chi connectivity index (χ0) is 16.1. The molecule has 8 N–H and O–H groups in total. The zero-order valence-corrected chi connectivity index (χ0v) is 11.3. The lowest BCUT2D eigenvalue weighted by Gasteiger charge is -2.40. The Hall–Kier alpha value is -0.620. The first-order chi connectivity index (χ1) is 8.97. The molecule has 11 nitrogen and oxygen atoms in total. The van der Waals surface area contributed by atoms with Crippen molar-refractivity contribution < 1.29 is 49.2 Å². The molecule has 12 heteroatoms. The largest absolute Gasteiger partial charge is 0.466 e. The van der Waals surface area contributed by atoms with Crippen LogP contribution in [0.2, 0.25) is 0 Å². The lowest BCUT2D eigenvalue weighted by molar-refractivity contribution is -0.253. The van der Waals surface area contributed by atoms with Crippen LogP contribution < -0.4 is 5.32 Å². The second-order valence-corrected chi connectivity index (χ2v) is 4.99. The third-order valence-electron chi connectivity index (χ3n) is 2.27. The fourth-order valence-corrected chi connectivity index (χ4v) is 1.49. The summed E-state index contributed by atoms with van der Waals surface area (Å²) in [6.07, 6.45) is -5.24. The van der Waals surface area contributed by atoms with Crippen molar-refractivity contribution in [2.75, 3.05) is 6.61 Å². The highest BCUT2D eigenvalue weighted by atomic mass is 31.2. The van der Waals surface area contributed by atoms with Gasteiger partial charge in [-0.1, -0.05) is 0 Å². The minimum absolute atomic E-state index is 0.462. The van der Waals surface area contributed by atoms with Gasteiger partial charge in [-0.25, -0.2) is 4.57 Å². The Morgan fingerprint density at radius 2 is 1.65 bits per heavy atom. The van der Waals surface area contributed by atoms with Crippen molar-refractivity contribution in [1.29, 1.82) is 0 Å². The summed E-state index contributed by atoms with van der Waals surface area (Å²) in [6, 6.07) is -1.10. The third kappa shape index (κ3) is 7.24. The fraction of sp³-hybridized carbons (Fsp3) is 0.875. The van der Waals surface area contributed by atoms with Crippen LogP contribution in [-0.2, 0) is 14.1 Å². The lowest BCUT2D eigenvalue weighted by atomic mass is 9.97. The molecule has 0 saturated carbocycles. The maximum atomic E-state index is 10.7. The number of carbonyl (C=O) groups is 1. The first kappa shape index (κ1) is 19.4. The van der Waals surface area contributed by atoms with Crippen LogP contribution in [0.25, 0.3) is 0 Å². The predicted octanol–water partition coefficient (Wildman–Crippen LogP) is -4.01. The van der Waals surface area contributed by atoms with Crippen LogP contribution in [0.1, 0.15) is 6.92 Å². The van der Waals surface area contributed by atoms with E-state index in [1.165, 1.54) is 6.92 Å². The van der Waals surface area contributed by atoms with Crippen molar-refractivity contribution >= 4 is 13.7 Å². The van der Waals surface area contributed by atoms with Gasteiger partial charge in [0.25, 0.3) is 0 Å². The number of nitrogens with one attached hydrogen (secondary N) is 1. The maximum absolute atomic E-state index is 10.7. The quantitative estimate of drug-likeness (QED) is 0.232. The summed E-state index contributed by atoms with van der Waals surface area (Å²) in [6.45, 7) is 0.687. The molecule has 1 aliphatic rings. The topological polar surface area (TPSA) is 197 Å². The van der Waals surface area contributed by atoms with Gasteiger partial charge >= 0.3 is 7.82 Å². The minimum Gasteiger partial charge on any atom is -0.394 e. The minimum atomic E-state index is -4.64. The van der Waals surface area contributed by atoms with Gasteiger partial charge in [0, 0.05) is 6.92 Å². The van der Waals surface area contributed by atoms with Crippen molar-refractivity contribution in [2.24, 2.45) is 0 Å². The molecule has 0 aromatic heterocycles. The number of hydrogen-bond acceptors (Lipinski definition) is 7. The van der Waals surface area contributed by atoms with E-state index in [9.17, 15) is 20.1 Å². The summed E-state index contributed by atoms with van der Waals surface area (Å²) in [5.41, 5.74) is 0. The van der Waals surface area contributed by atoms with Crippen molar-refractivity contribution in [2.45, 2.75) is 37.6 Å². The highest BCUT2D eigenvalue weighted by Crippen LogP contribution is 2.25. The molecular weight excluding hydrogens is 301 g/mol. The first-order valence-electron chi connectivity index (χ1n) is 5.33. The summed E-state index contributed by atoms with van der Waals surface area (Å²) in [7, 11) is -4.64. The van der Waals surface area contributed by atoms with Gasteiger partial charge in [-0.2, -0.15) is 0 Å². The van der Waals surface area contributed by atoms with E-state index >= 15 is 0 Å². The van der Waals surface area contributed by atoms with Crippen LogP contribution in [-0.4, -0.2) is 78.3 Å². The highest BCUT2D eigenvalue weighted by molar-refractivity contribution is 7.45. The third-order valence-corrected chi connectivity index (χ3v) is 2.27. The van der Waals surface area contributed by atoms with Gasteiger partial charge in [-0.15, -0.1) is 0 Å². The molecule has 0 aromatic rings. The Morgan fingerprint density at radius 3 is 2.00 bits per heavy atom. The number of carbonyl (C=O) groups excluding carboxylic acids is 1. The Kier molecular flexibility index (Phi) is 7.73. The molecule has 120 valence electrons. The van der Waals surface area contributed by atoms with Crippen LogP contribution in [0.15, 0.2) is 0 Å². The van der Waals surface area contributed by atoms with E-state index < -0.39 is 51.0 Å². The summed E-state index contributed by atoms with van der Waals surface area (Å²) in [5, 5.41) is 39.4. The standard InChI is InChI=1S/C8H15NO6.H3O4P/c1-3(11)9-5-7(13)6(12)4(2-10)15-8(5)14;1-5(2,3)4/h4-8,10,12-14H,2H2,1H3,(H,9,11);(H3,1,2,3,4)/t4-,5-,6-,7-,8+;/m1./s1. The average Bonchev–Trinajstić information content (AvgIpc) is 2.27. The van der Waals surface area contributed by atoms with Gasteiger partial charge in [0.15, 0.2) is 6.29 Å². The van der Waals surface area contributed by atoms with Crippen molar-refractivity contribution in [3.8, 4) is 0 Å². The molecule has 1 fully saturated rings. The smallest absolute Gasteiger partial charge is 0.394 e. The number of aliphatic hydroxyl groups excluding tert-OH is 4. The van der Waals surface area contributed by atoms with E-state index in [0.717, 1.165) is 0 Å². The molecule has 5 atom stereocenters. The highest BCUT2D eigenvalue weighted by Gasteiger charge is 2.43. The molecular formula is C8H18NO10P. The molecule has 1 heterocycles. The summed E-state index contributed by atoms with van der Waals surface area (Å²) in [4.78, 5) is 32.3. The van der Waals surface area contributed by atoms with Crippen molar-refractivity contribution in [3.05, 3.63) is 0 Å². The normalized spacial score (nSPS) is 33.9. The first-order valence-corrected chi connectivity index (χ1v) is 6.89. The van der Waals surface area contributed by atoms with Crippen LogP contribution in [0.5, 0.6) is 0 Å². The summed E-state index contributed by atoms with van der Waals surface area (Å²) < 4.78 is 13.7. The van der Waals surface area contributed by atoms with Gasteiger partial charge < -0.3 is 45.2 Å². The van der Waals surface area contributed by atoms with E-state index in [-0.39, 0.29) is 0 Å². The van der Waals surface area contributed by atoms with E-state index in [1.807, 2.05) is 0 Å². The Morgan fingerprint density at radius 1 is 1.20 bits per heavy atom.